The maximum atomic E-state index is 3.59. The number of alkyl halides is 2. The summed E-state index contributed by atoms with van der Waals surface area (Å²) in [5.41, 5.74) is 0. The highest BCUT2D eigenvalue weighted by atomic mass is 79.9. The third-order valence-electron chi connectivity index (χ3n) is 1.53. The molecule has 0 amide bonds. The number of hydrogen-bond acceptors (Lipinski definition) is 0. The molecule has 53 valence electrons. The summed E-state index contributed by atoms with van der Waals surface area (Å²) in [6.45, 7) is 0. The molecule has 0 aromatic carbocycles. The van der Waals surface area contributed by atoms with Crippen LogP contribution < -0.4 is 0 Å². The van der Waals surface area contributed by atoms with Gasteiger partial charge >= 0.3 is 0 Å². The lowest BCUT2D eigenvalue weighted by Crippen LogP contribution is -2.21. The van der Waals surface area contributed by atoms with E-state index in [1.807, 2.05) is 0 Å². The lowest BCUT2D eigenvalue weighted by Gasteiger charge is -2.29. The summed E-state index contributed by atoms with van der Waals surface area (Å²) in [7, 11) is 0. The van der Waals surface area contributed by atoms with Crippen LogP contribution in [-0.2, 0) is 0 Å². The highest BCUT2D eigenvalue weighted by molar-refractivity contribution is 9.26. The monoisotopic (exact) mass is 317 g/mol. The van der Waals surface area contributed by atoms with Crippen molar-refractivity contribution in [3.63, 3.8) is 0 Å². The van der Waals surface area contributed by atoms with Crippen LogP contribution in [0, 0.1) is 4.83 Å². The van der Waals surface area contributed by atoms with Crippen molar-refractivity contribution < 1.29 is 0 Å². The average molecular weight is 320 g/mol. The third kappa shape index (κ3) is 2.19. The summed E-state index contributed by atoms with van der Waals surface area (Å²) in [4.78, 5) is 1.35. The van der Waals surface area contributed by atoms with Gasteiger partial charge in [-0.25, -0.2) is 0 Å². The summed E-state index contributed by atoms with van der Waals surface area (Å²) in [5.74, 6) is 0. The minimum Gasteiger partial charge on any atom is -0.0812 e. The standard InChI is InChI=1S/C6H8Br3/c7-5-3-1-2-4-6(5,8)9/h1-4H2. The Morgan fingerprint density at radius 1 is 1.22 bits per heavy atom. The second kappa shape index (κ2) is 3.22. The molecule has 9 heavy (non-hydrogen) atoms. The first-order valence-corrected chi connectivity index (χ1v) is 5.40. The Balaban J connectivity index is 2.49. The van der Waals surface area contributed by atoms with E-state index in [0.29, 0.717) is 0 Å². The Kier molecular flexibility index (Phi) is 3.06. The van der Waals surface area contributed by atoms with Crippen LogP contribution in [0.1, 0.15) is 25.7 Å². The molecule has 0 N–H and O–H groups in total. The summed E-state index contributed by atoms with van der Waals surface area (Å²) >= 11 is 10.7. The molecule has 0 aromatic heterocycles. The van der Waals surface area contributed by atoms with Gasteiger partial charge < -0.3 is 0 Å². The van der Waals surface area contributed by atoms with Gasteiger partial charge in [0.15, 0.2) is 0 Å². The molecule has 0 spiro atoms. The Morgan fingerprint density at radius 2 is 1.89 bits per heavy atom. The van der Waals surface area contributed by atoms with Crippen molar-refractivity contribution in [3.8, 4) is 0 Å². The van der Waals surface area contributed by atoms with Gasteiger partial charge in [0.25, 0.3) is 0 Å². The maximum Gasteiger partial charge on any atom is 0.0972 e. The Bertz CT molecular complexity index is 100. The fraction of sp³-hybridized carbons (Fsp3) is 0.833. The quantitative estimate of drug-likeness (QED) is 0.593. The molecule has 0 bridgehead atoms. The fourth-order valence-electron chi connectivity index (χ4n) is 0.946. The van der Waals surface area contributed by atoms with Gasteiger partial charge in [0, 0.05) is 0 Å². The van der Waals surface area contributed by atoms with Crippen LogP contribution in [0.3, 0.4) is 0 Å². The normalized spacial score (nSPS) is 28.3. The van der Waals surface area contributed by atoms with Crippen molar-refractivity contribution in [2.45, 2.75) is 28.9 Å². The van der Waals surface area contributed by atoms with E-state index in [2.05, 4.69) is 47.8 Å². The van der Waals surface area contributed by atoms with E-state index in [-0.39, 0.29) is 3.23 Å². The smallest absolute Gasteiger partial charge is 0.0812 e. The molecule has 1 aliphatic rings. The van der Waals surface area contributed by atoms with Crippen LogP contribution in [0.4, 0.5) is 0 Å². The van der Waals surface area contributed by atoms with E-state index in [9.17, 15) is 0 Å². The molecule has 1 saturated carbocycles. The molecule has 0 atom stereocenters. The average Bonchev–Trinajstić information content (AvgIpc) is 1.77. The summed E-state index contributed by atoms with van der Waals surface area (Å²) < 4.78 is 0.0955. The maximum absolute atomic E-state index is 3.59. The van der Waals surface area contributed by atoms with Crippen molar-refractivity contribution in [1.82, 2.24) is 0 Å². The van der Waals surface area contributed by atoms with Gasteiger partial charge in [-0.2, -0.15) is 0 Å². The van der Waals surface area contributed by atoms with E-state index >= 15 is 0 Å². The van der Waals surface area contributed by atoms with Crippen LogP contribution in [0.15, 0.2) is 0 Å². The Labute approximate surface area is 81.2 Å². The van der Waals surface area contributed by atoms with E-state index in [4.69, 9.17) is 0 Å². The molecular formula is C6H8Br3. The van der Waals surface area contributed by atoms with Crippen molar-refractivity contribution in [2.24, 2.45) is 0 Å². The molecule has 1 radical (unpaired) electrons. The third-order valence-corrected chi connectivity index (χ3v) is 5.42. The molecule has 1 fully saturated rings. The van der Waals surface area contributed by atoms with Crippen molar-refractivity contribution >= 4 is 47.8 Å². The van der Waals surface area contributed by atoms with Gasteiger partial charge in [-0.1, -0.05) is 60.6 Å². The van der Waals surface area contributed by atoms with E-state index in [1.165, 1.54) is 30.5 Å². The molecule has 0 aliphatic heterocycles. The first-order valence-electron chi connectivity index (χ1n) is 3.02. The lowest BCUT2D eigenvalue weighted by atomic mass is 10.0. The number of hydrogen-bond donors (Lipinski definition) is 0. The van der Waals surface area contributed by atoms with Crippen molar-refractivity contribution in [3.05, 3.63) is 4.83 Å². The van der Waals surface area contributed by atoms with E-state index in [1.54, 1.807) is 0 Å². The zero-order valence-corrected chi connectivity index (χ0v) is 9.72. The highest BCUT2D eigenvalue weighted by Gasteiger charge is 2.34. The van der Waals surface area contributed by atoms with Gasteiger partial charge in [0.05, 0.1) is 8.06 Å². The number of rotatable bonds is 0. The lowest BCUT2D eigenvalue weighted by molar-refractivity contribution is 0.581. The fourth-order valence-corrected chi connectivity index (χ4v) is 2.38. The first kappa shape index (κ1) is 8.54. The van der Waals surface area contributed by atoms with Crippen LogP contribution in [0.25, 0.3) is 0 Å². The van der Waals surface area contributed by atoms with Crippen LogP contribution >= 0.6 is 47.8 Å². The Hall–Kier alpha value is 1.44. The van der Waals surface area contributed by atoms with Gasteiger partial charge in [-0.15, -0.1) is 0 Å². The van der Waals surface area contributed by atoms with Crippen LogP contribution in [0.2, 0.25) is 0 Å². The number of halogens is 3. The first-order chi connectivity index (χ1) is 4.13. The highest BCUT2D eigenvalue weighted by Crippen LogP contribution is 2.49. The van der Waals surface area contributed by atoms with Crippen molar-refractivity contribution in [1.29, 1.82) is 0 Å². The van der Waals surface area contributed by atoms with Crippen LogP contribution in [0.5, 0.6) is 0 Å². The minimum atomic E-state index is 0.0955. The van der Waals surface area contributed by atoms with Gasteiger partial charge in [0.1, 0.15) is 0 Å². The molecule has 0 heterocycles. The molecule has 0 saturated heterocycles. The molecule has 0 aromatic rings. The Morgan fingerprint density at radius 3 is 2.22 bits per heavy atom. The largest absolute Gasteiger partial charge is 0.0972 e. The van der Waals surface area contributed by atoms with Gasteiger partial charge in [0.2, 0.25) is 0 Å². The topological polar surface area (TPSA) is 0 Å². The van der Waals surface area contributed by atoms with E-state index < -0.39 is 0 Å². The molecular weight excluding hydrogens is 312 g/mol. The summed E-state index contributed by atoms with van der Waals surface area (Å²) in [6.07, 6.45) is 5.01. The van der Waals surface area contributed by atoms with E-state index in [0.717, 1.165) is 0 Å². The predicted octanol–water partition coefficient (Wildman–Crippen LogP) is 3.97. The predicted molar refractivity (Wildman–Crippen MR) is 51.2 cm³/mol. The second-order valence-corrected chi connectivity index (χ2v) is 7.05. The molecule has 1 aliphatic carbocycles. The zero-order chi connectivity index (χ0) is 6.91. The van der Waals surface area contributed by atoms with Crippen LogP contribution in [-0.4, -0.2) is 3.23 Å². The minimum absolute atomic E-state index is 0.0955. The molecule has 1 rings (SSSR count). The van der Waals surface area contributed by atoms with Gasteiger partial charge in [-0.05, 0) is 12.8 Å². The summed E-state index contributed by atoms with van der Waals surface area (Å²) in [6, 6.07) is 0. The SMILES string of the molecule is Br[C]1CCCCC1(Br)Br. The zero-order valence-electron chi connectivity index (χ0n) is 4.96. The summed E-state index contributed by atoms with van der Waals surface area (Å²) in [5, 5.41) is 0. The molecule has 3 heteroatoms. The molecule has 0 nitrogen and oxygen atoms in total. The van der Waals surface area contributed by atoms with Gasteiger partial charge in [-0.3, -0.25) is 0 Å². The second-order valence-electron chi connectivity index (χ2n) is 2.32. The van der Waals surface area contributed by atoms with Crippen molar-refractivity contribution in [2.75, 3.05) is 0 Å². The molecule has 0 unspecified atom stereocenters.